The highest BCUT2D eigenvalue weighted by atomic mass is 16.5. The highest BCUT2D eigenvalue weighted by Gasteiger charge is 2.31. The zero-order chi connectivity index (χ0) is 18.4. The second-order valence-electron chi connectivity index (χ2n) is 7.15. The Bertz CT molecular complexity index is 611. The predicted octanol–water partition coefficient (Wildman–Crippen LogP) is 2.79. The summed E-state index contributed by atoms with van der Waals surface area (Å²) in [6.07, 6.45) is 5.36. The van der Waals surface area contributed by atoms with Gasteiger partial charge in [0.15, 0.2) is 0 Å². The van der Waals surface area contributed by atoms with Crippen LogP contribution in [-0.4, -0.2) is 44.8 Å². The highest BCUT2D eigenvalue weighted by Crippen LogP contribution is 2.29. The molecule has 6 heteroatoms. The molecule has 2 amide bonds. The molecule has 0 bridgehead atoms. The Morgan fingerprint density at radius 2 is 1.92 bits per heavy atom. The first kappa shape index (κ1) is 18.7. The van der Waals surface area contributed by atoms with Gasteiger partial charge in [-0.15, -0.1) is 0 Å². The number of urea groups is 1. The topological polar surface area (TPSA) is 70.7 Å². The van der Waals surface area contributed by atoms with Crippen molar-refractivity contribution in [2.45, 2.75) is 50.5 Å². The minimum atomic E-state index is -0.170. The largest absolute Gasteiger partial charge is 0.469 e. The van der Waals surface area contributed by atoms with E-state index in [1.54, 1.807) is 0 Å². The van der Waals surface area contributed by atoms with Crippen molar-refractivity contribution >= 4 is 17.7 Å². The molecule has 0 saturated carbocycles. The highest BCUT2D eigenvalue weighted by molar-refractivity contribution is 5.94. The molecule has 1 unspecified atom stereocenters. The number of carbonyl (C=O) groups excluding carboxylic acids is 2. The minimum Gasteiger partial charge on any atom is -0.469 e. The number of ether oxygens (including phenoxy) is 1. The molecule has 2 aliphatic rings. The maximum atomic E-state index is 12.3. The van der Waals surface area contributed by atoms with Crippen LogP contribution < -0.4 is 15.5 Å². The van der Waals surface area contributed by atoms with E-state index in [0.717, 1.165) is 38.0 Å². The van der Waals surface area contributed by atoms with Gasteiger partial charge in [-0.2, -0.15) is 0 Å². The summed E-state index contributed by atoms with van der Waals surface area (Å²) in [5, 5.41) is 6.34. The van der Waals surface area contributed by atoms with Gasteiger partial charge < -0.3 is 15.4 Å². The number of anilines is 1. The van der Waals surface area contributed by atoms with Crippen LogP contribution in [0.3, 0.4) is 0 Å². The molecule has 2 fully saturated rings. The summed E-state index contributed by atoms with van der Waals surface area (Å²) in [5.41, 5.74) is 2.32. The second-order valence-corrected chi connectivity index (χ2v) is 7.15. The van der Waals surface area contributed by atoms with Gasteiger partial charge in [-0.1, -0.05) is 18.6 Å². The van der Waals surface area contributed by atoms with Crippen LogP contribution in [0.15, 0.2) is 24.3 Å². The van der Waals surface area contributed by atoms with Crippen LogP contribution in [-0.2, 0) is 9.53 Å². The van der Waals surface area contributed by atoms with Gasteiger partial charge in [0.1, 0.15) is 0 Å². The number of hydrogen-bond acceptors (Lipinski definition) is 4. The summed E-state index contributed by atoms with van der Waals surface area (Å²) in [6.45, 7) is 2.82. The zero-order valence-electron chi connectivity index (χ0n) is 15.5. The molecule has 1 atom stereocenters. The molecular weight excluding hydrogens is 330 g/mol. The fraction of sp³-hybridized carbons (Fsp3) is 0.600. The van der Waals surface area contributed by atoms with E-state index in [2.05, 4.69) is 39.6 Å². The van der Waals surface area contributed by atoms with Crippen molar-refractivity contribution in [3.63, 3.8) is 0 Å². The molecule has 0 aromatic heterocycles. The number of piperidine rings is 1. The standard InChI is InChI=1S/C20H29N3O3/c1-26-19(24)5-3-2-4-18-14-22-20(25)23(18)17-8-6-15(7-9-17)16-10-12-21-13-11-16/h6-9,16,18,21H,2-5,10-14H2,1H3,(H,22,25). The Morgan fingerprint density at radius 3 is 2.62 bits per heavy atom. The first-order valence-corrected chi connectivity index (χ1v) is 9.63. The van der Waals surface area contributed by atoms with E-state index in [9.17, 15) is 9.59 Å². The summed E-state index contributed by atoms with van der Waals surface area (Å²) < 4.78 is 4.67. The van der Waals surface area contributed by atoms with Crippen LogP contribution in [0, 0.1) is 0 Å². The van der Waals surface area contributed by atoms with Crippen LogP contribution in [0.2, 0.25) is 0 Å². The SMILES string of the molecule is COC(=O)CCCCC1CNC(=O)N1c1ccc(C2CCNCC2)cc1. The van der Waals surface area contributed by atoms with Crippen LogP contribution in [0.5, 0.6) is 0 Å². The lowest BCUT2D eigenvalue weighted by molar-refractivity contribution is -0.140. The number of unbranched alkanes of at least 4 members (excludes halogenated alkanes) is 1. The van der Waals surface area contributed by atoms with Crippen molar-refractivity contribution in [2.24, 2.45) is 0 Å². The summed E-state index contributed by atoms with van der Waals surface area (Å²) >= 11 is 0. The number of hydrogen-bond donors (Lipinski definition) is 2. The Morgan fingerprint density at radius 1 is 1.19 bits per heavy atom. The van der Waals surface area contributed by atoms with Crippen molar-refractivity contribution in [3.8, 4) is 0 Å². The van der Waals surface area contributed by atoms with E-state index < -0.39 is 0 Å². The molecule has 0 spiro atoms. The van der Waals surface area contributed by atoms with E-state index in [-0.39, 0.29) is 18.0 Å². The van der Waals surface area contributed by atoms with Crippen molar-refractivity contribution in [3.05, 3.63) is 29.8 Å². The third kappa shape index (κ3) is 4.55. The molecule has 2 saturated heterocycles. The summed E-state index contributed by atoms with van der Waals surface area (Å²) in [6, 6.07) is 8.60. The first-order chi connectivity index (χ1) is 12.7. The Kier molecular flexibility index (Phi) is 6.50. The van der Waals surface area contributed by atoms with Crippen LogP contribution >= 0.6 is 0 Å². The molecule has 1 aromatic carbocycles. The summed E-state index contributed by atoms with van der Waals surface area (Å²) in [5.74, 6) is 0.447. The predicted molar refractivity (Wildman–Crippen MR) is 101 cm³/mol. The normalized spacial score (nSPS) is 20.9. The lowest BCUT2D eigenvalue weighted by Crippen LogP contribution is -2.34. The minimum absolute atomic E-state index is 0.0300. The van der Waals surface area contributed by atoms with Crippen LogP contribution in [0.25, 0.3) is 0 Å². The van der Waals surface area contributed by atoms with Gasteiger partial charge in [-0.25, -0.2) is 4.79 Å². The van der Waals surface area contributed by atoms with E-state index in [1.807, 2.05) is 4.90 Å². The maximum absolute atomic E-state index is 12.3. The van der Waals surface area contributed by atoms with E-state index in [1.165, 1.54) is 25.5 Å². The van der Waals surface area contributed by atoms with Gasteiger partial charge in [0.25, 0.3) is 0 Å². The van der Waals surface area contributed by atoms with Gasteiger partial charge in [-0.3, -0.25) is 9.69 Å². The Balaban J connectivity index is 1.58. The molecule has 0 radical (unpaired) electrons. The fourth-order valence-corrected chi connectivity index (χ4v) is 3.92. The smallest absolute Gasteiger partial charge is 0.322 e. The van der Waals surface area contributed by atoms with Gasteiger partial charge >= 0.3 is 12.0 Å². The molecule has 3 rings (SSSR count). The van der Waals surface area contributed by atoms with Crippen molar-refractivity contribution in [2.75, 3.05) is 31.6 Å². The van der Waals surface area contributed by atoms with Crippen molar-refractivity contribution in [1.82, 2.24) is 10.6 Å². The zero-order valence-corrected chi connectivity index (χ0v) is 15.5. The number of esters is 1. The first-order valence-electron chi connectivity index (χ1n) is 9.63. The fourth-order valence-electron chi connectivity index (χ4n) is 3.92. The molecule has 2 aliphatic heterocycles. The van der Waals surface area contributed by atoms with Crippen LogP contribution in [0.1, 0.15) is 50.0 Å². The van der Waals surface area contributed by atoms with Gasteiger partial charge in [0.2, 0.25) is 0 Å². The lowest BCUT2D eigenvalue weighted by atomic mass is 9.90. The number of rotatable bonds is 7. The lowest BCUT2D eigenvalue weighted by Gasteiger charge is -2.25. The molecule has 0 aliphatic carbocycles. The quantitative estimate of drug-likeness (QED) is 0.580. The number of amides is 2. The van der Waals surface area contributed by atoms with Crippen molar-refractivity contribution in [1.29, 1.82) is 0 Å². The van der Waals surface area contributed by atoms with E-state index in [4.69, 9.17) is 0 Å². The van der Waals surface area contributed by atoms with Gasteiger partial charge in [0, 0.05) is 18.7 Å². The molecular formula is C20H29N3O3. The van der Waals surface area contributed by atoms with E-state index in [0.29, 0.717) is 18.9 Å². The van der Waals surface area contributed by atoms with Crippen LogP contribution in [0.4, 0.5) is 10.5 Å². The summed E-state index contributed by atoms with van der Waals surface area (Å²) in [7, 11) is 1.41. The molecule has 6 nitrogen and oxygen atoms in total. The number of benzene rings is 1. The number of methoxy groups -OCH3 is 1. The maximum Gasteiger partial charge on any atom is 0.322 e. The Labute approximate surface area is 155 Å². The van der Waals surface area contributed by atoms with Gasteiger partial charge in [0.05, 0.1) is 13.2 Å². The number of carbonyl (C=O) groups is 2. The van der Waals surface area contributed by atoms with Crippen molar-refractivity contribution < 1.29 is 14.3 Å². The second kappa shape index (κ2) is 9.03. The molecule has 26 heavy (non-hydrogen) atoms. The average Bonchev–Trinajstić information content (AvgIpc) is 3.06. The van der Waals surface area contributed by atoms with E-state index >= 15 is 0 Å². The molecule has 142 valence electrons. The summed E-state index contributed by atoms with van der Waals surface area (Å²) in [4.78, 5) is 25.4. The average molecular weight is 359 g/mol. The molecule has 1 aromatic rings. The monoisotopic (exact) mass is 359 g/mol. The third-order valence-electron chi connectivity index (χ3n) is 5.45. The Hall–Kier alpha value is -2.08. The number of nitrogens with zero attached hydrogens (tertiary/aromatic N) is 1. The third-order valence-corrected chi connectivity index (χ3v) is 5.45. The number of nitrogens with one attached hydrogen (secondary N) is 2. The molecule has 2 heterocycles. The molecule has 2 N–H and O–H groups in total. The van der Waals surface area contributed by atoms with Gasteiger partial charge in [-0.05, 0) is 62.4 Å².